The molecule has 2 aromatic carbocycles. The van der Waals surface area contributed by atoms with Crippen LogP contribution in [-0.4, -0.2) is 51.2 Å². The summed E-state index contributed by atoms with van der Waals surface area (Å²) in [7, 11) is 0. The Hall–Kier alpha value is -3.10. The van der Waals surface area contributed by atoms with Gasteiger partial charge in [-0.25, -0.2) is 9.97 Å². The first-order chi connectivity index (χ1) is 15.3. The fourth-order valence-electron chi connectivity index (χ4n) is 3.83. The number of hydrogen-bond acceptors (Lipinski definition) is 7. The monoisotopic (exact) mass is 476 g/mol. The molecule has 0 amide bonds. The van der Waals surface area contributed by atoms with Crippen LogP contribution in [-0.2, 0) is 0 Å². The van der Waals surface area contributed by atoms with E-state index >= 15 is 0 Å². The van der Waals surface area contributed by atoms with Crippen LogP contribution in [0, 0.1) is 0 Å². The van der Waals surface area contributed by atoms with E-state index in [1.165, 1.54) is 0 Å². The molecule has 2 aromatic heterocycles. The van der Waals surface area contributed by atoms with Crippen LogP contribution >= 0.6 is 15.9 Å². The summed E-state index contributed by atoms with van der Waals surface area (Å²) in [6, 6.07) is 19.9. The van der Waals surface area contributed by atoms with Gasteiger partial charge in [-0.15, -0.1) is 10.2 Å². The van der Waals surface area contributed by atoms with Crippen LogP contribution in [0.2, 0.25) is 0 Å². The number of nitrogens with zero attached hydrogens (tertiary/aromatic N) is 6. The van der Waals surface area contributed by atoms with Gasteiger partial charge in [0.1, 0.15) is 6.04 Å². The Morgan fingerprint density at radius 1 is 0.806 bits per heavy atom. The van der Waals surface area contributed by atoms with Gasteiger partial charge in [0.15, 0.2) is 0 Å². The summed E-state index contributed by atoms with van der Waals surface area (Å²) in [6.07, 6.45) is 3.56. The number of hydrogen-bond donors (Lipinski definition) is 0. The summed E-state index contributed by atoms with van der Waals surface area (Å²) in [5, 5.41) is 8.76. The van der Waals surface area contributed by atoms with Crippen LogP contribution in [0.4, 0.5) is 5.95 Å². The Morgan fingerprint density at radius 3 is 2.23 bits per heavy atom. The van der Waals surface area contributed by atoms with Gasteiger partial charge < -0.3 is 9.32 Å². The smallest absolute Gasteiger partial charge is 0.247 e. The van der Waals surface area contributed by atoms with Crippen molar-refractivity contribution in [3.8, 4) is 11.5 Å². The second-order valence-electron chi connectivity index (χ2n) is 7.34. The van der Waals surface area contributed by atoms with Crippen molar-refractivity contribution in [2.75, 3.05) is 31.1 Å². The largest absolute Gasteiger partial charge is 0.419 e. The molecule has 5 rings (SSSR count). The third-order valence-corrected chi connectivity index (χ3v) is 5.92. The summed E-state index contributed by atoms with van der Waals surface area (Å²) < 4.78 is 7.21. The Morgan fingerprint density at radius 2 is 1.52 bits per heavy atom. The van der Waals surface area contributed by atoms with Crippen molar-refractivity contribution >= 4 is 21.9 Å². The molecule has 4 aromatic rings. The zero-order chi connectivity index (χ0) is 21.0. The van der Waals surface area contributed by atoms with Crippen molar-refractivity contribution in [1.29, 1.82) is 0 Å². The molecule has 156 valence electrons. The normalized spacial score (nSPS) is 15.7. The Balaban J connectivity index is 1.42. The standard InChI is InChI=1S/C23H21BrN6O/c24-19-9-7-17(8-10-19)20(22-28-27-21(31-22)18-5-2-1-3-6-18)29-13-15-30(16-14-29)23-25-11-4-12-26-23/h1-12,20H,13-16H2. The number of benzene rings is 2. The highest BCUT2D eigenvalue weighted by molar-refractivity contribution is 9.10. The maximum atomic E-state index is 6.17. The van der Waals surface area contributed by atoms with E-state index in [4.69, 9.17) is 4.42 Å². The van der Waals surface area contributed by atoms with E-state index in [1.54, 1.807) is 12.4 Å². The van der Waals surface area contributed by atoms with Gasteiger partial charge in [-0.2, -0.15) is 0 Å². The molecule has 1 fully saturated rings. The van der Waals surface area contributed by atoms with Gasteiger partial charge in [0.2, 0.25) is 17.7 Å². The molecular formula is C23H21BrN6O. The summed E-state index contributed by atoms with van der Waals surface area (Å²) in [5.74, 6) is 1.91. The maximum absolute atomic E-state index is 6.17. The van der Waals surface area contributed by atoms with Gasteiger partial charge in [-0.3, -0.25) is 4.90 Å². The van der Waals surface area contributed by atoms with E-state index < -0.39 is 0 Å². The first kappa shape index (κ1) is 19.8. The van der Waals surface area contributed by atoms with Crippen LogP contribution in [0.1, 0.15) is 17.5 Å². The number of halogens is 1. The quantitative estimate of drug-likeness (QED) is 0.427. The molecule has 0 spiro atoms. The fourth-order valence-corrected chi connectivity index (χ4v) is 4.10. The van der Waals surface area contributed by atoms with Crippen molar-refractivity contribution in [2.45, 2.75) is 6.04 Å². The highest BCUT2D eigenvalue weighted by Gasteiger charge is 2.31. The summed E-state index contributed by atoms with van der Waals surface area (Å²) in [6.45, 7) is 3.33. The minimum Gasteiger partial charge on any atom is -0.419 e. The molecule has 1 aliphatic heterocycles. The first-order valence-electron chi connectivity index (χ1n) is 10.2. The number of rotatable bonds is 5. The van der Waals surface area contributed by atoms with Crippen molar-refractivity contribution in [3.05, 3.63) is 89.0 Å². The minimum atomic E-state index is -0.114. The molecular weight excluding hydrogens is 456 g/mol. The molecule has 0 bridgehead atoms. The average Bonchev–Trinajstić information content (AvgIpc) is 3.32. The molecule has 7 nitrogen and oxygen atoms in total. The lowest BCUT2D eigenvalue weighted by Crippen LogP contribution is -2.48. The molecule has 1 saturated heterocycles. The highest BCUT2D eigenvalue weighted by atomic mass is 79.9. The third kappa shape index (κ3) is 4.35. The molecule has 8 heteroatoms. The molecule has 1 atom stereocenters. The third-order valence-electron chi connectivity index (χ3n) is 5.40. The lowest BCUT2D eigenvalue weighted by Gasteiger charge is -2.38. The molecule has 0 saturated carbocycles. The van der Waals surface area contributed by atoms with Crippen LogP contribution in [0.5, 0.6) is 0 Å². The Kier molecular flexibility index (Phi) is 5.73. The average molecular weight is 477 g/mol. The van der Waals surface area contributed by atoms with Crippen LogP contribution in [0.25, 0.3) is 11.5 Å². The number of piperazine rings is 1. The van der Waals surface area contributed by atoms with Crippen molar-refractivity contribution in [3.63, 3.8) is 0 Å². The highest BCUT2D eigenvalue weighted by Crippen LogP contribution is 2.31. The van der Waals surface area contributed by atoms with E-state index in [1.807, 2.05) is 48.5 Å². The molecule has 0 N–H and O–H groups in total. The SMILES string of the molecule is Brc1ccc(C(c2nnc(-c3ccccc3)o2)N2CCN(c3ncccn3)CC2)cc1. The predicted octanol–water partition coefficient (Wildman–Crippen LogP) is 4.20. The molecule has 1 unspecified atom stereocenters. The van der Waals surface area contributed by atoms with E-state index in [0.29, 0.717) is 11.8 Å². The lowest BCUT2D eigenvalue weighted by molar-refractivity contribution is 0.187. The van der Waals surface area contributed by atoms with Crippen molar-refractivity contribution < 1.29 is 4.42 Å². The second-order valence-corrected chi connectivity index (χ2v) is 8.25. The molecule has 0 aliphatic carbocycles. The zero-order valence-electron chi connectivity index (χ0n) is 16.8. The Labute approximate surface area is 188 Å². The molecule has 1 aliphatic rings. The topological polar surface area (TPSA) is 71.2 Å². The lowest BCUT2D eigenvalue weighted by atomic mass is 10.0. The van der Waals surface area contributed by atoms with Crippen molar-refractivity contribution in [1.82, 2.24) is 25.1 Å². The second kappa shape index (κ2) is 8.95. The molecule has 3 heterocycles. The van der Waals surface area contributed by atoms with E-state index in [-0.39, 0.29) is 6.04 Å². The summed E-state index contributed by atoms with van der Waals surface area (Å²) in [5.41, 5.74) is 2.04. The van der Waals surface area contributed by atoms with Gasteiger partial charge in [0, 0.05) is 48.6 Å². The van der Waals surface area contributed by atoms with Gasteiger partial charge in [0.05, 0.1) is 0 Å². The van der Waals surface area contributed by atoms with E-state index in [0.717, 1.165) is 47.7 Å². The van der Waals surface area contributed by atoms with Crippen molar-refractivity contribution in [2.24, 2.45) is 0 Å². The zero-order valence-corrected chi connectivity index (χ0v) is 18.4. The van der Waals surface area contributed by atoms with E-state index in [2.05, 4.69) is 58.0 Å². The van der Waals surface area contributed by atoms with Crippen LogP contribution in [0.15, 0.2) is 81.9 Å². The van der Waals surface area contributed by atoms with Gasteiger partial charge >= 0.3 is 0 Å². The molecule has 31 heavy (non-hydrogen) atoms. The summed E-state index contributed by atoms with van der Waals surface area (Å²) >= 11 is 3.53. The maximum Gasteiger partial charge on any atom is 0.247 e. The predicted molar refractivity (Wildman–Crippen MR) is 122 cm³/mol. The number of anilines is 1. The van der Waals surface area contributed by atoms with Gasteiger partial charge in [-0.05, 0) is 35.9 Å². The van der Waals surface area contributed by atoms with Crippen LogP contribution < -0.4 is 4.90 Å². The molecule has 0 radical (unpaired) electrons. The minimum absolute atomic E-state index is 0.114. The first-order valence-corrected chi connectivity index (χ1v) is 11.0. The van der Waals surface area contributed by atoms with Gasteiger partial charge in [0.25, 0.3) is 0 Å². The van der Waals surface area contributed by atoms with Gasteiger partial charge in [-0.1, -0.05) is 46.3 Å². The van der Waals surface area contributed by atoms with E-state index in [9.17, 15) is 0 Å². The number of aromatic nitrogens is 4. The fraction of sp³-hybridized carbons (Fsp3) is 0.217. The Bertz CT molecular complexity index is 1110. The van der Waals surface area contributed by atoms with Crippen LogP contribution in [0.3, 0.4) is 0 Å². The summed E-state index contributed by atoms with van der Waals surface area (Å²) in [4.78, 5) is 13.4.